The van der Waals surface area contributed by atoms with E-state index in [4.69, 9.17) is 27.7 Å². The first kappa shape index (κ1) is 16.8. The molecule has 0 fully saturated rings. The number of nitrogens with zero attached hydrogens (tertiary/aromatic N) is 1. The average Bonchev–Trinajstić information content (AvgIpc) is 2.92. The van der Waals surface area contributed by atoms with Gasteiger partial charge in [0, 0.05) is 16.1 Å². The molecule has 1 atom stereocenters. The highest BCUT2D eigenvalue weighted by Gasteiger charge is 2.19. The van der Waals surface area contributed by atoms with Gasteiger partial charge in [-0.3, -0.25) is 4.79 Å². The van der Waals surface area contributed by atoms with Gasteiger partial charge >= 0.3 is 0 Å². The molecular weight excluding hydrogens is 327 g/mol. The number of carbonyl (C=O) groups is 1. The average molecular weight is 343 g/mol. The Balaban J connectivity index is 1.98. The quantitative estimate of drug-likeness (QED) is 0.872. The van der Waals surface area contributed by atoms with Crippen LogP contribution in [-0.4, -0.2) is 16.2 Å². The number of halogens is 2. The Morgan fingerprint density at radius 2 is 1.91 bits per heavy atom. The maximum Gasteiger partial charge on any atom is 0.253 e. The molecule has 22 heavy (non-hydrogen) atoms. The Labute approximate surface area is 138 Å². The Bertz CT molecular complexity index is 650. The molecule has 0 spiro atoms. The zero-order chi connectivity index (χ0) is 16.3. The van der Waals surface area contributed by atoms with Crippen LogP contribution in [-0.2, 0) is 11.3 Å². The predicted octanol–water partition coefficient (Wildman–Crippen LogP) is 3.45. The number of hydrogen-bond acceptors (Lipinski definition) is 4. The van der Waals surface area contributed by atoms with Crippen molar-refractivity contribution >= 4 is 29.1 Å². The molecule has 1 aromatic heterocycles. The molecule has 0 radical (unpaired) electrons. The SMILES string of the molecule is CC(C)c1cc(CNC(=O)C(O)c2cc(Cl)cc(Cl)c2)on1. The zero-order valence-electron chi connectivity index (χ0n) is 12.1. The van der Waals surface area contributed by atoms with Crippen LogP contribution < -0.4 is 5.32 Å². The minimum Gasteiger partial charge on any atom is -0.378 e. The lowest BCUT2D eigenvalue weighted by Crippen LogP contribution is -2.28. The Morgan fingerprint density at radius 3 is 2.45 bits per heavy atom. The van der Waals surface area contributed by atoms with E-state index in [9.17, 15) is 9.90 Å². The molecule has 2 N–H and O–H groups in total. The number of benzene rings is 1. The van der Waals surface area contributed by atoms with Crippen molar-refractivity contribution in [1.82, 2.24) is 10.5 Å². The Morgan fingerprint density at radius 1 is 1.27 bits per heavy atom. The van der Waals surface area contributed by atoms with Crippen LogP contribution in [0.25, 0.3) is 0 Å². The first-order chi connectivity index (χ1) is 10.4. The number of nitrogens with one attached hydrogen (secondary N) is 1. The van der Waals surface area contributed by atoms with E-state index in [1.165, 1.54) is 18.2 Å². The van der Waals surface area contributed by atoms with Gasteiger partial charge in [-0.2, -0.15) is 0 Å². The van der Waals surface area contributed by atoms with Crippen LogP contribution in [0.1, 0.15) is 42.9 Å². The zero-order valence-corrected chi connectivity index (χ0v) is 13.6. The van der Waals surface area contributed by atoms with Crippen LogP contribution in [0.3, 0.4) is 0 Å². The lowest BCUT2D eigenvalue weighted by atomic mass is 10.1. The van der Waals surface area contributed by atoms with Crippen LogP contribution in [0.5, 0.6) is 0 Å². The Kier molecular flexibility index (Phi) is 5.45. The summed E-state index contributed by atoms with van der Waals surface area (Å²) < 4.78 is 5.11. The van der Waals surface area contributed by atoms with E-state index in [-0.39, 0.29) is 12.5 Å². The highest BCUT2D eigenvalue weighted by Crippen LogP contribution is 2.23. The largest absolute Gasteiger partial charge is 0.378 e. The molecule has 1 heterocycles. The van der Waals surface area contributed by atoms with E-state index >= 15 is 0 Å². The van der Waals surface area contributed by atoms with E-state index in [1.54, 1.807) is 6.07 Å². The molecule has 2 rings (SSSR count). The van der Waals surface area contributed by atoms with E-state index in [0.717, 1.165) is 5.69 Å². The number of carbonyl (C=O) groups excluding carboxylic acids is 1. The van der Waals surface area contributed by atoms with Gasteiger partial charge in [-0.25, -0.2) is 0 Å². The highest BCUT2D eigenvalue weighted by molar-refractivity contribution is 6.34. The third-order valence-corrected chi connectivity index (χ3v) is 3.49. The normalized spacial score (nSPS) is 12.5. The van der Waals surface area contributed by atoms with Crippen molar-refractivity contribution in [2.75, 3.05) is 0 Å². The molecular formula is C15H16Cl2N2O3. The summed E-state index contributed by atoms with van der Waals surface area (Å²) >= 11 is 11.7. The predicted molar refractivity (Wildman–Crippen MR) is 83.9 cm³/mol. The summed E-state index contributed by atoms with van der Waals surface area (Å²) in [4.78, 5) is 12.0. The third-order valence-electron chi connectivity index (χ3n) is 3.05. The van der Waals surface area contributed by atoms with E-state index in [0.29, 0.717) is 21.4 Å². The fourth-order valence-corrected chi connectivity index (χ4v) is 2.38. The number of hydrogen-bond donors (Lipinski definition) is 2. The second kappa shape index (κ2) is 7.13. The van der Waals surface area contributed by atoms with Crippen LogP contribution in [0, 0.1) is 0 Å². The third kappa shape index (κ3) is 4.22. The summed E-state index contributed by atoms with van der Waals surface area (Å²) in [6.45, 7) is 4.13. The molecule has 1 unspecified atom stereocenters. The molecule has 5 nitrogen and oxygen atoms in total. The number of aliphatic hydroxyl groups excluding tert-OH is 1. The molecule has 0 aliphatic heterocycles. The molecule has 118 valence electrons. The Hall–Kier alpha value is -1.56. The van der Waals surface area contributed by atoms with Gasteiger partial charge in [-0.15, -0.1) is 0 Å². The van der Waals surface area contributed by atoms with Crippen LogP contribution in [0.15, 0.2) is 28.8 Å². The van der Waals surface area contributed by atoms with Crippen molar-refractivity contribution < 1.29 is 14.4 Å². The summed E-state index contributed by atoms with van der Waals surface area (Å²) in [5.41, 5.74) is 1.14. The van der Waals surface area contributed by atoms with Crippen LogP contribution >= 0.6 is 23.2 Å². The maximum absolute atomic E-state index is 12.0. The van der Waals surface area contributed by atoms with Gasteiger partial charge in [0.2, 0.25) is 0 Å². The van der Waals surface area contributed by atoms with E-state index in [1.807, 2.05) is 13.8 Å². The minimum absolute atomic E-state index is 0.143. The lowest BCUT2D eigenvalue weighted by molar-refractivity contribution is -0.129. The van der Waals surface area contributed by atoms with Crippen molar-refractivity contribution in [2.24, 2.45) is 0 Å². The van der Waals surface area contributed by atoms with Crippen LogP contribution in [0.2, 0.25) is 10.0 Å². The first-order valence-electron chi connectivity index (χ1n) is 6.74. The number of amides is 1. The van der Waals surface area contributed by atoms with Crippen molar-refractivity contribution in [3.8, 4) is 0 Å². The number of aromatic nitrogens is 1. The maximum atomic E-state index is 12.0. The summed E-state index contributed by atoms with van der Waals surface area (Å²) in [5.74, 6) is 0.196. The summed E-state index contributed by atoms with van der Waals surface area (Å²) in [6.07, 6.45) is -1.36. The molecule has 0 saturated heterocycles. The molecule has 1 aromatic carbocycles. The van der Waals surface area contributed by atoms with Gasteiger partial charge in [0.25, 0.3) is 5.91 Å². The monoisotopic (exact) mass is 342 g/mol. The highest BCUT2D eigenvalue weighted by atomic mass is 35.5. The van der Waals surface area contributed by atoms with E-state index < -0.39 is 12.0 Å². The summed E-state index contributed by atoms with van der Waals surface area (Å²) in [6, 6.07) is 6.28. The molecule has 0 aliphatic carbocycles. The van der Waals surface area contributed by atoms with Crippen molar-refractivity contribution in [2.45, 2.75) is 32.4 Å². The van der Waals surface area contributed by atoms with Gasteiger partial charge < -0.3 is 14.9 Å². The van der Waals surface area contributed by atoms with Gasteiger partial charge in [0.05, 0.1) is 12.2 Å². The molecule has 1 amide bonds. The number of rotatable bonds is 5. The fraction of sp³-hybridized carbons (Fsp3) is 0.333. The molecule has 2 aromatic rings. The van der Waals surface area contributed by atoms with E-state index in [2.05, 4.69) is 10.5 Å². The van der Waals surface area contributed by atoms with Crippen molar-refractivity contribution in [3.63, 3.8) is 0 Å². The summed E-state index contributed by atoms with van der Waals surface area (Å²) in [7, 11) is 0. The topological polar surface area (TPSA) is 75.4 Å². The molecule has 0 aliphatic rings. The van der Waals surface area contributed by atoms with Gasteiger partial charge in [-0.1, -0.05) is 42.2 Å². The number of aliphatic hydroxyl groups is 1. The minimum atomic E-state index is -1.36. The first-order valence-corrected chi connectivity index (χ1v) is 7.49. The second-order valence-electron chi connectivity index (χ2n) is 5.20. The van der Waals surface area contributed by atoms with Crippen molar-refractivity contribution in [3.05, 3.63) is 51.3 Å². The van der Waals surface area contributed by atoms with Gasteiger partial charge in [-0.05, 0) is 29.7 Å². The van der Waals surface area contributed by atoms with Gasteiger partial charge in [0.1, 0.15) is 0 Å². The summed E-state index contributed by atoms with van der Waals surface area (Å²) in [5, 5.41) is 17.2. The van der Waals surface area contributed by atoms with Gasteiger partial charge in [0.15, 0.2) is 11.9 Å². The smallest absolute Gasteiger partial charge is 0.253 e. The standard InChI is InChI=1S/C15H16Cl2N2O3/c1-8(2)13-6-12(22-19-13)7-18-15(21)14(20)9-3-10(16)5-11(17)4-9/h3-6,8,14,20H,7H2,1-2H3,(H,18,21). The molecule has 0 saturated carbocycles. The fourth-order valence-electron chi connectivity index (χ4n) is 1.84. The van der Waals surface area contributed by atoms with Crippen molar-refractivity contribution in [1.29, 1.82) is 0 Å². The second-order valence-corrected chi connectivity index (χ2v) is 6.07. The molecule has 0 bridgehead atoms. The molecule has 7 heteroatoms. The van der Waals surface area contributed by atoms with Crippen LogP contribution in [0.4, 0.5) is 0 Å². The lowest BCUT2D eigenvalue weighted by Gasteiger charge is -2.11.